The van der Waals surface area contributed by atoms with E-state index in [4.69, 9.17) is 0 Å². The Balaban J connectivity index is 0.000000295. The van der Waals surface area contributed by atoms with E-state index in [1.54, 1.807) is 4.47 Å². The summed E-state index contributed by atoms with van der Waals surface area (Å²) in [5.74, 6) is 0. The van der Waals surface area contributed by atoms with Gasteiger partial charge in [0.2, 0.25) is 0 Å². The van der Waals surface area contributed by atoms with Crippen molar-refractivity contribution >= 4 is 12.3 Å². The molecular weight excluding hydrogens is 369 g/mol. The molecule has 0 spiro atoms. The van der Waals surface area contributed by atoms with Crippen molar-refractivity contribution in [2.45, 2.75) is 25.1 Å². The quantitative estimate of drug-likeness (QED) is 0.299. The maximum absolute atomic E-state index is 10.7. The minimum absolute atomic E-state index is 0.318. The van der Waals surface area contributed by atoms with Gasteiger partial charge in [0.15, 0.2) is 0 Å². The number of benzene rings is 1. The molecule has 0 bridgehead atoms. The molecule has 2 rings (SSSR count). The summed E-state index contributed by atoms with van der Waals surface area (Å²) in [6, 6.07) is 11.0. The third-order valence-electron chi connectivity index (χ3n) is 2.31. The second kappa shape index (κ2) is 6.03. The monoisotopic (exact) mass is 386 g/mol. The first kappa shape index (κ1) is 19.3. The molecule has 8 heteroatoms. The van der Waals surface area contributed by atoms with E-state index in [9.17, 15) is 25.2 Å². The molecule has 0 atom stereocenters. The van der Waals surface area contributed by atoms with E-state index in [0.29, 0.717) is 0 Å². The Morgan fingerprint density at radius 1 is 0.955 bits per heavy atom. The Morgan fingerprint density at radius 3 is 1.82 bits per heavy atom. The van der Waals surface area contributed by atoms with Gasteiger partial charge in [0.25, 0.3) is 0 Å². The zero-order chi connectivity index (χ0) is 17.1. The number of hydrogen-bond acceptors (Lipinski definition) is 0. The van der Waals surface area contributed by atoms with Crippen LogP contribution >= 0.6 is 7.81 Å². The molecule has 1 aromatic carbocycles. The van der Waals surface area contributed by atoms with Gasteiger partial charge >= 0.3 is 129 Å². The fourth-order valence-electron chi connectivity index (χ4n) is 1.72. The van der Waals surface area contributed by atoms with E-state index in [0.717, 1.165) is 11.2 Å². The standard InChI is InChI=1S/C6H5.C5H5.C3H7.F6P.Fe/c1-2-4-6-5-3-1;1-2-4-5-3-1;1-3-2;1-7(2,3,4,5)6;/h1-5H;1-3H,4H2;3H,1-2H3;;/q;;;-1;. The second-order valence-corrected chi connectivity index (χ2v) is 10.2. The summed E-state index contributed by atoms with van der Waals surface area (Å²) < 4.78 is 62.4. The Kier molecular flexibility index (Phi) is 5.28. The molecule has 0 unspecified atom stereocenters. The second-order valence-electron chi connectivity index (χ2n) is 4.75. The molecule has 22 heavy (non-hydrogen) atoms. The first-order valence-electron chi connectivity index (χ1n) is 6.35. The SMILES string of the molecule is C[CH](C)[Fe]([C]1=CC=CC1)[c]1ccccc1.F[P-](F)(F)(F)(F)F. The molecule has 129 valence electrons. The summed E-state index contributed by atoms with van der Waals surface area (Å²) in [6.07, 6.45) is 7.93. The summed E-state index contributed by atoms with van der Waals surface area (Å²) in [4.78, 5) is 0.749. The van der Waals surface area contributed by atoms with Crippen LogP contribution in [0.5, 0.6) is 0 Å². The number of halogens is 6. The maximum atomic E-state index is 9.87. The molecule has 0 saturated heterocycles. The van der Waals surface area contributed by atoms with Crippen molar-refractivity contribution in [1.82, 2.24) is 0 Å². The van der Waals surface area contributed by atoms with Gasteiger partial charge in [-0.25, -0.2) is 0 Å². The fourth-order valence-corrected chi connectivity index (χ4v) is 4.97. The topological polar surface area (TPSA) is 0 Å². The van der Waals surface area contributed by atoms with Crippen molar-refractivity contribution in [3.05, 3.63) is 53.0 Å². The molecule has 1 aromatic rings. The van der Waals surface area contributed by atoms with E-state index in [1.807, 2.05) is 0 Å². The van der Waals surface area contributed by atoms with Crippen LogP contribution < -0.4 is 4.46 Å². The van der Waals surface area contributed by atoms with E-state index in [2.05, 4.69) is 62.4 Å². The van der Waals surface area contributed by atoms with E-state index >= 15 is 0 Å². The predicted molar refractivity (Wildman–Crippen MR) is 76.6 cm³/mol. The normalized spacial score (nSPS) is 18.0. The summed E-state index contributed by atoms with van der Waals surface area (Å²) in [5, 5.41) is 0. The number of rotatable bonds is 3. The van der Waals surface area contributed by atoms with Crippen LogP contribution in [-0.4, -0.2) is 0 Å². The van der Waals surface area contributed by atoms with Crippen molar-refractivity contribution in [2.24, 2.45) is 0 Å². The van der Waals surface area contributed by atoms with Gasteiger partial charge in [0.05, 0.1) is 0 Å². The first-order valence-corrected chi connectivity index (χ1v) is 10.1. The number of allylic oxidation sites excluding steroid dienone is 4. The summed E-state index contributed by atoms with van der Waals surface area (Å²) in [7, 11) is -10.7. The first-order chi connectivity index (χ1) is 9.74. The Bertz CT molecular complexity index is 548. The molecule has 1 aliphatic rings. The molecule has 0 nitrogen and oxygen atoms in total. The molecule has 0 aliphatic heterocycles. The van der Waals surface area contributed by atoms with Gasteiger partial charge < -0.3 is 0 Å². The molecule has 0 saturated carbocycles. The Morgan fingerprint density at radius 2 is 1.45 bits per heavy atom. The van der Waals surface area contributed by atoms with Crippen molar-refractivity contribution in [1.29, 1.82) is 0 Å². The zero-order valence-corrected chi connectivity index (χ0v) is 14.0. The van der Waals surface area contributed by atoms with Gasteiger partial charge in [-0.3, -0.25) is 0 Å². The van der Waals surface area contributed by atoms with Crippen LogP contribution in [0.2, 0.25) is 4.82 Å². The average Bonchev–Trinajstić information content (AvgIpc) is 2.79. The fraction of sp³-hybridized carbons (Fsp3) is 0.286. The third-order valence-corrected chi connectivity index (χ3v) is 5.82. The van der Waals surface area contributed by atoms with E-state index < -0.39 is 7.81 Å². The molecule has 0 aromatic heterocycles. The number of hydrogen-bond donors (Lipinski definition) is 0. The van der Waals surface area contributed by atoms with E-state index in [-0.39, 0.29) is 13.9 Å². The van der Waals surface area contributed by atoms with Crippen molar-refractivity contribution in [2.75, 3.05) is 0 Å². The Labute approximate surface area is 130 Å². The molecule has 1 aliphatic carbocycles. The van der Waals surface area contributed by atoms with Crippen molar-refractivity contribution in [3.8, 4) is 0 Å². The van der Waals surface area contributed by atoms with Gasteiger partial charge in [0, 0.05) is 0 Å². The van der Waals surface area contributed by atoms with Crippen LogP contribution in [0.3, 0.4) is 0 Å². The summed E-state index contributed by atoms with van der Waals surface area (Å²) in [5.41, 5.74) is 0. The summed E-state index contributed by atoms with van der Waals surface area (Å²) in [6.45, 7) is 4.68. The van der Waals surface area contributed by atoms with Crippen molar-refractivity contribution in [3.63, 3.8) is 0 Å². The molecular formula is C14H17F6FeP-. The van der Waals surface area contributed by atoms with Gasteiger partial charge in [-0.15, -0.1) is 0 Å². The van der Waals surface area contributed by atoms with Crippen molar-refractivity contribution < 1.29 is 39.1 Å². The van der Waals surface area contributed by atoms with Gasteiger partial charge in [-0.2, -0.15) is 0 Å². The van der Waals surface area contributed by atoms with Crippen LogP contribution in [0.25, 0.3) is 0 Å². The van der Waals surface area contributed by atoms with Crippen LogP contribution in [0.4, 0.5) is 25.2 Å². The third kappa shape index (κ3) is 9.29. The zero-order valence-electron chi connectivity index (χ0n) is 12.0. The van der Waals surface area contributed by atoms with Crippen LogP contribution in [0, 0.1) is 0 Å². The van der Waals surface area contributed by atoms with Crippen LogP contribution in [-0.2, 0) is 13.9 Å². The van der Waals surface area contributed by atoms with Gasteiger partial charge in [-0.1, -0.05) is 0 Å². The Hall–Kier alpha value is -0.771. The summed E-state index contributed by atoms with van der Waals surface area (Å²) >= 11 is -0.318. The molecule has 0 amide bonds. The van der Waals surface area contributed by atoms with Crippen LogP contribution in [0.1, 0.15) is 20.3 Å². The molecule has 0 heterocycles. The predicted octanol–water partition coefficient (Wildman–Crippen LogP) is 6.98. The average molecular weight is 386 g/mol. The van der Waals surface area contributed by atoms with Gasteiger partial charge in [-0.05, 0) is 0 Å². The minimum atomic E-state index is -10.7. The molecule has 0 fully saturated rings. The van der Waals surface area contributed by atoms with Crippen LogP contribution in [0.15, 0.2) is 53.0 Å². The van der Waals surface area contributed by atoms with Gasteiger partial charge in [0.1, 0.15) is 0 Å². The molecule has 0 N–H and O–H groups in total. The molecule has 0 radical (unpaired) electrons. The van der Waals surface area contributed by atoms with E-state index in [1.165, 1.54) is 4.46 Å².